The topological polar surface area (TPSA) is 66.6 Å². The quantitative estimate of drug-likeness (QED) is 0.652. The maximum absolute atomic E-state index is 11.5. The van der Waals surface area contributed by atoms with Crippen molar-refractivity contribution in [3.05, 3.63) is 53.4 Å². The van der Waals surface area contributed by atoms with Crippen LogP contribution in [0.4, 0.5) is 5.69 Å². The Bertz CT molecular complexity index is 567. The number of nitrogens with one attached hydrogen (secondary N) is 2. The highest BCUT2D eigenvalue weighted by Crippen LogP contribution is 2.19. The van der Waals surface area contributed by atoms with E-state index in [4.69, 9.17) is 16.0 Å². The second kappa shape index (κ2) is 6.61. The molecule has 0 atom stereocenters. The van der Waals surface area contributed by atoms with Crippen molar-refractivity contribution in [2.45, 2.75) is 0 Å². The van der Waals surface area contributed by atoms with Crippen molar-refractivity contribution in [1.82, 2.24) is 5.43 Å². The lowest BCUT2D eigenvalue weighted by Gasteiger charge is -2.06. The molecule has 0 saturated carbocycles. The molecule has 2 N–H and O–H groups in total. The second-order valence-electron chi connectivity index (χ2n) is 3.64. The fraction of sp³-hybridized carbons (Fsp3) is 0.0769. The van der Waals surface area contributed by atoms with Gasteiger partial charge in [-0.3, -0.25) is 4.79 Å². The molecule has 1 aromatic heterocycles. The SMILES string of the molecule is O=C(CNc1ccccc1Cl)N/N=C/c1ccco1. The Morgan fingerprint density at radius 2 is 2.16 bits per heavy atom. The van der Waals surface area contributed by atoms with Gasteiger partial charge in [0.05, 0.1) is 29.7 Å². The van der Waals surface area contributed by atoms with Gasteiger partial charge >= 0.3 is 0 Å². The zero-order chi connectivity index (χ0) is 13.5. The van der Waals surface area contributed by atoms with E-state index in [-0.39, 0.29) is 12.5 Å². The van der Waals surface area contributed by atoms with Crippen LogP contribution in [-0.4, -0.2) is 18.7 Å². The molecule has 1 amide bonds. The highest BCUT2D eigenvalue weighted by atomic mass is 35.5. The normalized spacial score (nSPS) is 10.6. The van der Waals surface area contributed by atoms with Crippen molar-refractivity contribution in [1.29, 1.82) is 0 Å². The molecule has 5 nitrogen and oxygen atoms in total. The Kier molecular flexibility index (Phi) is 4.58. The molecule has 19 heavy (non-hydrogen) atoms. The maximum Gasteiger partial charge on any atom is 0.259 e. The van der Waals surface area contributed by atoms with Crippen LogP contribution in [0, 0.1) is 0 Å². The summed E-state index contributed by atoms with van der Waals surface area (Å²) < 4.78 is 5.03. The summed E-state index contributed by atoms with van der Waals surface area (Å²) in [6, 6.07) is 10.7. The van der Waals surface area contributed by atoms with Crippen LogP contribution in [-0.2, 0) is 4.79 Å². The molecule has 0 spiro atoms. The lowest BCUT2D eigenvalue weighted by Crippen LogP contribution is -2.25. The van der Waals surface area contributed by atoms with Gasteiger partial charge in [0.25, 0.3) is 5.91 Å². The molecule has 0 unspecified atom stereocenters. The summed E-state index contributed by atoms with van der Waals surface area (Å²) in [5, 5.41) is 7.24. The first kappa shape index (κ1) is 13.2. The van der Waals surface area contributed by atoms with Crippen LogP contribution < -0.4 is 10.7 Å². The molecule has 1 aromatic carbocycles. The minimum atomic E-state index is -0.275. The molecular weight excluding hydrogens is 266 g/mol. The van der Waals surface area contributed by atoms with Gasteiger partial charge in [-0.25, -0.2) is 5.43 Å². The van der Waals surface area contributed by atoms with E-state index in [1.165, 1.54) is 12.5 Å². The van der Waals surface area contributed by atoms with Crippen LogP contribution in [0.5, 0.6) is 0 Å². The van der Waals surface area contributed by atoms with Crippen molar-refractivity contribution >= 4 is 29.4 Å². The smallest absolute Gasteiger partial charge is 0.259 e. The molecule has 6 heteroatoms. The molecule has 0 aliphatic heterocycles. The summed E-state index contributed by atoms with van der Waals surface area (Å²) in [5.41, 5.74) is 3.08. The Morgan fingerprint density at radius 1 is 1.32 bits per heavy atom. The van der Waals surface area contributed by atoms with E-state index < -0.39 is 0 Å². The fourth-order valence-electron chi connectivity index (χ4n) is 1.35. The molecule has 2 rings (SSSR count). The number of anilines is 1. The van der Waals surface area contributed by atoms with Gasteiger partial charge < -0.3 is 9.73 Å². The van der Waals surface area contributed by atoms with Crippen molar-refractivity contribution in [2.24, 2.45) is 5.10 Å². The van der Waals surface area contributed by atoms with Crippen LogP contribution in [0.25, 0.3) is 0 Å². The van der Waals surface area contributed by atoms with Crippen molar-refractivity contribution in [2.75, 3.05) is 11.9 Å². The summed E-state index contributed by atoms with van der Waals surface area (Å²) in [6.45, 7) is 0.0826. The number of carbonyl (C=O) groups excluding carboxylic acids is 1. The highest BCUT2D eigenvalue weighted by molar-refractivity contribution is 6.33. The number of amides is 1. The minimum absolute atomic E-state index is 0.0826. The number of para-hydroxylation sites is 1. The Hall–Kier alpha value is -2.27. The number of hydrazone groups is 1. The average molecular weight is 278 g/mol. The highest BCUT2D eigenvalue weighted by Gasteiger charge is 2.02. The van der Waals surface area contributed by atoms with Crippen LogP contribution in [0.1, 0.15) is 5.76 Å². The summed E-state index contributed by atoms with van der Waals surface area (Å²) in [5.74, 6) is 0.294. The number of hydrogen-bond acceptors (Lipinski definition) is 4. The molecule has 0 saturated heterocycles. The van der Waals surface area contributed by atoms with Crippen molar-refractivity contribution in [3.63, 3.8) is 0 Å². The monoisotopic (exact) mass is 277 g/mol. The van der Waals surface area contributed by atoms with Crippen LogP contribution in [0.15, 0.2) is 52.2 Å². The van der Waals surface area contributed by atoms with E-state index in [1.54, 1.807) is 24.3 Å². The molecule has 0 radical (unpaired) electrons. The first-order valence-corrected chi connectivity index (χ1v) is 5.97. The number of furan rings is 1. The number of carbonyl (C=O) groups is 1. The Labute approximate surface area is 115 Å². The maximum atomic E-state index is 11.5. The second-order valence-corrected chi connectivity index (χ2v) is 4.05. The summed E-state index contributed by atoms with van der Waals surface area (Å²) in [7, 11) is 0. The standard InChI is InChI=1S/C13H12ClN3O2/c14-11-5-1-2-6-12(11)15-9-13(18)17-16-8-10-4-3-7-19-10/h1-8,15H,9H2,(H,17,18)/b16-8+. The zero-order valence-electron chi connectivity index (χ0n) is 9.97. The summed E-state index contributed by atoms with van der Waals surface area (Å²) >= 11 is 5.94. The molecule has 98 valence electrons. The fourth-order valence-corrected chi connectivity index (χ4v) is 1.55. The van der Waals surface area contributed by atoms with Gasteiger partial charge in [-0.2, -0.15) is 5.10 Å². The van der Waals surface area contributed by atoms with Gasteiger partial charge in [0, 0.05) is 0 Å². The molecular formula is C13H12ClN3O2. The molecule has 0 bridgehead atoms. The van der Waals surface area contributed by atoms with Gasteiger partial charge in [0.2, 0.25) is 0 Å². The number of nitrogens with zero attached hydrogens (tertiary/aromatic N) is 1. The third-order valence-electron chi connectivity index (χ3n) is 2.24. The van der Waals surface area contributed by atoms with Crippen LogP contribution >= 0.6 is 11.6 Å². The Morgan fingerprint density at radius 3 is 2.89 bits per heavy atom. The number of halogens is 1. The van der Waals surface area contributed by atoms with Gasteiger partial charge in [-0.15, -0.1) is 0 Å². The van der Waals surface area contributed by atoms with E-state index in [9.17, 15) is 4.79 Å². The molecule has 1 heterocycles. The van der Waals surface area contributed by atoms with Gasteiger partial charge in [0.15, 0.2) is 0 Å². The Balaban J connectivity index is 1.78. The van der Waals surface area contributed by atoms with E-state index in [1.807, 2.05) is 12.1 Å². The van der Waals surface area contributed by atoms with E-state index in [2.05, 4.69) is 15.8 Å². The lowest BCUT2D eigenvalue weighted by molar-refractivity contribution is -0.119. The predicted molar refractivity (Wildman–Crippen MR) is 74.4 cm³/mol. The predicted octanol–water partition coefficient (Wildman–Crippen LogP) is 2.50. The number of benzene rings is 1. The van der Waals surface area contributed by atoms with Crippen LogP contribution in [0.2, 0.25) is 5.02 Å². The van der Waals surface area contributed by atoms with Gasteiger partial charge in [-0.1, -0.05) is 23.7 Å². The summed E-state index contributed by atoms with van der Waals surface area (Å²) in [4.78, 5) is 11.5. The number of rotatable bonds is 5. The first-order chi connectivity index (χ1) is 9.25. The molecule has 0 aliphatic carbocycles. The van der Waals surface area contributed by atoms with Gasteiger partial charge in [0.1, 0.15) is 5.76 Å². The zero-order valence-corrected chi connectivity index (χ0v) is 10.7. The number of hydrogen-bond donors (Lipinski definition) is 2. The summed E-state index contributed by atoms with van der Waals surface area (Å²) in [6.07, 6.45) is 2.95. The minimum Gasteiger partial charge on any atom is -0.463 e. The van der Waals surface area contributed by atoms with Crippen LogP contribution in [0.3, 0.4) is 0 Å². The van der Waals surface area contributed by atoms with Crippen molar-refractivity contribution in [3.8, 4) is 0 Å². The van der Waals surface area contributed by atoms with Gasteiger partial charge in [-0.05, 0) is 24.3 Å². The molecule has 2 aromatic rings. The average Bonchev–Trinajstić information content (AvgIpc) is 2.91. The third kappa shape index (κ3) is 4.15. The van der Waals surface area contributed by atoms with Crippen molar-refractivity contribution < 1.29 is 9.21 Å². The third-order valence-corrected chi connectivity index (χ3v) is 2.57. The molecule has 0 aliphatic rings. The largest absolute Gasteiger partial charge is 0.463 e. The lowest BCUT2D eigenvalue weighted by atomic mass is 10.3. The van der Waals surface area contributed by atoms with E-state index >= 15 is 0 Å². The first-order valence-electron chi connectivity index (χ1n) is 5.59. The van der Waals surface area contributed by atoms with E-state index in [0.717, 1.165) is 0 Å². The molecule has 0 fully saturated rings. The van der Waals surface area contributed by atoms with E-state index in [0.29, 0.717) is 16.5 Å².